The number of halogens is 1. The Labute approximate surface area is 139 Å². The van der Waals surface area contributed by atoms with Gasteiger partial charge in [0.15, 0.2) is 0 Å². The third-order valence-electron chi connectivity index (χ3n) is 4.59. The molecule has 122 valence electrons. The number of nitrogens with zero attached hydrogens (tertiary/aromatic N) is 4. The van der Waals surface area contributed by atoms with E-state index in [9.17, 15) is 5.11 Å². The number of aliphatic hydroxyl groups excluding tert-OH is 1. The van der Waals surface area contributed by atoms with E-state index in [4.69, 9.17) is 16.3 Å². The molecule has 3 heterocycles. The van der Waals surface area contributed by atoms with Crippen molar-refractivity contribution < 1.29 is 9.84 Å². The first-order valence-electron chi connectivity index (χ1n) is 7.88. The Morgan fingerprint density at radius 1 is 1.17 bits per heavy atom. The predicted octanol–water partition coefficient (Wildman–Crippen LogP) is 1.16. The van der Waals surface area contributed by atoms with Gasteiger partial charge >= 0.3 is 0 Å². The minimum absolute atomic E-state index is 0.126. The van der Waals surface area contributed by atoms with Crippen LogP contribution in [0.4, 0.5) is 5.82 Å². The molecule has 2 aliphatic heterocycles. The second kappa shape index (κ2) is 6.20. The lowest BCUT2D eigenvalue weighted by Gasteiger charge is -2.33. The molecule has 0 amide bonds. The summed E-state index contributed by atoms with van der Waals surface area (Å²) in [5.41, 5.74) is 1.60. The average Bonchev–Trinajstić information content (AvgIpc) is 2.97. The van der Waals surface area contributed by atoms with Crippen LogP contribution in [0.1, 0.15) is 0 Å². The molecule has 0 bridgehead atoms. The number of morpholine rings is 1. The van der Waals surface area contributed by atoms with Gasteiger partial charge in [0.1, 0.15) is 5.82 Å². The van der Waals surface area contributed by atoms with Crippen LogP contribution in [0.25, 0.3) is 11.0 Å². The van der Waals surface area contributed by atoms with Crippen molar-refractivity contribution >= 4 is 28.5 Å². The van der Waals surface area contributed by atoms with E-state index in [0.717, 1.165) is 49.7 Å². The molecular weight excluding hydrogens is 316 g/mol. The summed E-state index contributed by atoms with van der Waals surface area (Å²) in [5.74, 6) is 0.801. The van der Waals surface area contributed by atoms with Crippen LogP contribution in [0.5, 0.6) is 0 Å². The molecule has 0 unspecified atom stereocenters. The summed E-state index contributed by atoms with van der Waals surface area (Å²) in [6.45, 7) is 4.55. The molecule has 7 heteroatoms. The van der Waals surface area contributed by atoms with Gasteiger partial charge < -0.3 is 14.7 Å². The molecule has 0 spiro atoms. The molecule has 1 aromatic carbocycles. The van der Waals surface area contributed by atoms with Crippen LogP contribution in [-0.2, 0) is 4.74 Å². The molecule has 2 saturated heterocycles. The van der Waals surface area contributed by atoms with E-state index in [1.54, 1.807) is 6.20 Å². The number of rotatable bonds is 2. The highest BCUT2D eigenvalue weighted by atomic mass is 35.5. The number of hydrogen-bond acceptors (Lipinski definition) is 6. The summed E-state index contributed by atoms with van der Waals surface area (Å²) in [7, 11) is 0. The minimum Gasteiger partial charge on any atom is -0.390 e. The van der Waals surface area contributed by atoms with E-state index in [-0.39, 0.29) is 12.1 Å². The van der Waals surface area contributed by atoms with Crippen LogP contribution in [0, 0.1) is 0 Å². The van der Waals surface area contributed by atoms with Gasteiger partial charge in [0.05, 0.1) is 42.6 Å². The molecule has 2 aliphatic rings. The zero-order valence-electron chi connectivity index (χ0n) is 12.7. The molecule has 1 N–H and O–H groups in total. The van der Waals surface area contributed by atoms with Gasteiger partial charge in [-0.1, -0.05) is 11.6 Å². The van der Waals surface area contributed by atoms with Crippen LogP contribution in [0.3, 0.4) is 0 Å². The molecule has 0 saturated carbocycles. The summed E-state index contributed by atoms with van der Waals surface area (Å²) in [6, 6.07) is 5.63. The highest BCUT2D eigenvalue weighted by molar-refractivity contribution is 6.31. The van der Waals surface area contributed by atoms with Crippen LogP contribution in [-0.4, -0.2) is 71.5 Å². The van der Waals surface area contributed by atoms with Gasteiger partial charge in [-0.15, -0.1) is 0 Å². The first kappa shape index (κ1) is 15.1. The number of hydrogen-bond donors (Lipinski definition) is 1. The molecule has 2 fully saturated rings. The summed E-state index contributed by atoms with van der Waals surface area (Å²) in [4.78, 5) is 13.5. The van der Waals surface area contributed by atoms with E-state index in [0.29, 0.717) is 11.6 Å². The topological polar surface area (TPSA) is 61.7 Å². The number of fused-ring (bicyclic) bond motifs is 1. The fraction of sp³-hybridized carbons (Fsp3) is 0.500. The SMILES string of the molecule is O[C@@H]1CN(c2cnc3cc(Cl)ccc3n2)C[C@H]1N1CCOCC1. The quantitative estimate of drug-likeness (QED) is 0.889. The van der Waals surface area contributed by atoms with Gasteiger partial charge in [-0.2, -0.15) is 0 Å². The van der Waals surface area contributed by atoms with Crippen molar-refractivity contribution in [1.82, 2.24) is 14.9 Å². The molecule has 2 atom stereocenters. The Morgan fingerprint density at radius 2 is 2.00 bits per heavy atom. The van der Waals surface area contributed by atoms with Crippen molar-refractivity contribution in [3.63, 3.8) is 0 Å². The summed E-state index contributed by atoms with van der Waals surface area (Å²) in [6.07, 6.45) is 1.38. The maximum atomic E-state index is 10.4. The molecule has 0 aliphatic carbocycles. The standard InChI is InChI=1S/C16H19ClN4O2/c17-11-1-2-12-13(7-11)18-8-16(19-12)21-9-14(15(22)10-21)20-3-5-23-6-4-20/h1-2,7-8,14-15,22H,3-6,9-10H2/t14-,15-/m1/s1. The highest BCUT2D eigenvalue weighted by Gasteiger charge is 2.36. The van der Waals surface area contributed by atoms with Crippen molar-refractivity contribution in [2.24, 2.45) is 0 Å². The zero-order valence-corrected chi connectivity index (χ0v) is 13.5. The fourth-order valence-electron chi connectivity index (χ4n) is 3.35. The number of aromatic nitrogens is 2. The molecule has 2 aromatic rings. The average molecular weight is 335 g/mol. The second-order valence-electron chi connectivity index (χ2n) is 6.05. The van der Waals surface area contributed by atoms with E-state index < -0.39 is 0 Å². The van der Waals surface area contributed by atoms with Crippen LogP contribution < -0.4 is 4.90 Å². The Hall–Kier alpha value is -1.47. The first-order chi connectivity index (χ1) is 11.2. The number of anilines is 1. The van der Waals surface area contributed by atoms with Crippen molar-refractivity contribution in [3.8, 4) is 0 Å². The van der Waals surface area contributed by atoms with Crippen LogP contribution in [0.2, 0.25) is 5.02 Å². The highest BCUT2D eigenvalue weighted by Crippen LogP contribution is 2.24. The Morgan fingerprint density at radius 3 is 2.83 bits per heavy atom. The maximum absolute atomic E-state index is 10.4. The molecular formula is C16H19ClN4O2. The molecule has 23 heavy (non-hydrogen) atoms. The summed E-state index contributed by atoms with van der Waals surface area (Å²) < 4.78 is 5.39. The number of benzene rings is 1. The van der Waals surface area contributed by atoms with Crippen LogP contribution >= 0.6 is 11.6 Å². The van der Waals surface area contributed by atoms with Crippen molar-refractivity contribution in [2.75, 3.05) is 44.3 Å². The molecule has 6 nitrogen and oxygen atoms in total. The lowest BCUT2D eigenvalue weighted by molar-refractivity contribution is -0.00588. The third kappa shape index (κ3) is 2.99. The lowest BCUT2D eigenvalue weighted by atomic mass is 10.2. The largest absolute Gasteiger partial charge is 0.390 e. The minimum atomic E-state index is -0.379. The predicted molar refractivity (Wildman–Crippen MR) is 88.9 cm³/mol. The van der Waals surface area contributed by atoms with E-state index in [1.165, 1.54) is 0 Å². The van der Waals surface area contributed by atoms with E-state index in [2.05, 4.69) is 19.8 Å². The Kier molecular flexibility index (Phi) is 4.07. The monoisotopic (exact) mass is 334 g/mol. The van der Waals surface area contributed by atoms with Crippen molar-refractivity contribution in [1.29, 1.82) is 0 Å². The summed E-state index contributed by atoms with van der Waals surface area (Å²) >= 11 is 5.98. The zero-order chi connectivity index (χ0) is 15.8. The molecule has 4 rings (SSSR count). The fourth-order valence-corrected chi connectivity index (χ4v) is 3.52. The number of β-amino-alcohol motifs (C(OH)–C–C–N with tert-alkyl or cyclic N) is 1. The molecule has 0 radical (unpaired) electrons. The number of aliphatic hydroxyl groups is 1. The van der Waals surface area contributed by atoms with Gasteiger partial charge in [0.2, 0.25) is 0 Å². The van der Waals surface area contributed by atoms with Crippen molar-refractivity contribution in [3.05, 3.63) is 29.4 Å². The second-order valence-corrected chi connectivity index (χ2v) is 6.49. The number of ether oxygens (including phenoxy) is 1. The summed E-state index contributed by atoms with van der Waals surface area (Å²) in [5, 5.41) is 11.1. The van der Waals surface area contributed by atoms with E-state index >= 15 is 0 Å². The van der Waals surface area contributed by atoms with Crippen molar-refractivity contribution in [2.45, 2.75) is 12.1 Å². The molecule has 1 aromatic heterocycles. The van der Waals surface area contributed by atoms with Gasteiger partial charge in [0.25, 0.3) is 0 Å². The normalized spacial score (nSPS) is 26.1. The van der Waals surface area contributed by atoms with Gasteiger partial charge in [-0.05, 0) is 18.2 Å². The maximum Gasteiger partial charge on any atom is 0.147 e. The van der Waals surface area contributed by atoms with E-state index in [1.807, 2.05) is 18.2 Å². The van der Waals surface area contributed by atoms with Gasteiger partial charge in [-0.3, -0.25) is 9.88 Å². The van der Waals surface area contributed by atoms with Crippen LogP contribution in [0.15, 0.2) is 24.4 Å². The van der Waals surface area contributed by atoms with Gasteiger partial charge in [0, 0.05) is 31.2 Å². The first-order valence-corrected chi connectivity index (χ1v) is 8.25. The van der Waals surface area contributed by atoms with Gasteiger partial charge in [-0.25, -0.2) is 4.98 Å². The smallest absolute Gasteiger partial charge is 0.147 e. The third-order valence-corrected chi connectivity index (χ3v) is 4.82. The Balaban J connectivity index is 1.55. The lowest BCUT2D eigenvalue weighted by Crippen LogP contribution is -2.48. The Bertz CT molecular complexity index is 708.